The standard InChI is InChI=1S/C12H9BrClNO2/c1-17-10(16)8-2-4-9(5-3-8)12(14)6-11(12,13)7-15/h2-5H,6H2,1H3. The summed E-state index contributed by atoms with van der Waals surface area (Å²) in [7, 11) is 1.33. The van der Waals surface area contributed by atoms with Gasteiger partial charge in [-0.2, -0.15) is 5.26 Å². The SMILES string of the molecule is COC(=O)c1ccc(C2(Cl)CC2(Br)C#N)cc1. The minimum absolute atomic E-state index is 0.388. The molecule has 1 saturated carbocycles. The second-order valence-electron chi connectivity index (χ2n) is 3.96. The van der Waals surface area contributed by atoms with Crippen LogP contribution in [0.25, 0.3) is 0 Å². The van der Waals surface area contributed by atoms with E-state index in [2.05, 4.69) is 26.7 Å². The summed E-state index contributed by atoms with van der Waals surface area (Å²) >= 11 is 9.68. The molecule has 0 aliphatic heterocycles. The molecule has 0 heterocycles. The minimum atomic E-state index is -0.700. The van der Waals surface area contributed by atoms with Crippen LogP contribution >= 0.6 is 27.5 Å². The maximum absolute atomic E-state index is 11.3. The Bertz CT molecular complexity index is 510. The Balaban J connectivity index is 2.27. The molecule has 2 atom stereocenters. The van der Waals surface area contributed by atoms with Crippen molar-refractivity contribution in [2.24, 2.45) is 0 Å². The van der Waals surface area contributed by atoms with E-state index in [0.29, 0.717) is 12.0 Å². The van der Waals surface area contributed by atoms with Crippen molar-refractivity contribution in [1.29, 1.82) is 5.26 Å². The second kappa shape index (κ2) is 4.01. The Hall–Kier alpha value is -1.05. The van der Waals surface area contributed by atoms with Gasteiger partial charge in [0.25, 0.3) is 0 Å². The fraction of sp³-hybridized carbons (Fsp3) is 0.333. The second-order valence-corrected chi connectivity index (χ2v) is 5.96. The molecule has 0 N–H and O–H groups in total. The van der Waals surface area contributed by atoms with Gasteiger partial charge in [-0.3, -0.25) is 0 Å². The molecular formula is C12H9BrClNO2. The molecule has 0 radical (unpaired) electrons. The van der Waals surface area contributed by atoms with E-state index in [1.54, 1.807) is 24.3 Å². The largest absolute Gasteiger partial charge is 0.465 e. The van der Waals surface area contributed by atoms with Crippen molar-refractivity contribution in [2.75, 3.05) is 7.11 Å². The van der Waals surface area contributed by atoms with Gasteiger partial charge in [0.05, 0.1) is 18.7 Å². The van der Waals surface area contributed by atoms with E-state index in [1.165, 1.54) is 7.11 Å². The van der Waals surface area contributed by atoms with Gasteiger partial charge in [-0.15, -0.1) is 11.6 Å². The van der Waals surface area contributed by atoms with Crippen LogP contribution in [-0.2, 0) is 9.61 Å². The molecule has 1 aliphatic rings. The number of nitrogens with zero attached hydrogens (tertiary/aromatic N) is 1. The van der Waals surface area contributed by atoms with Gasteiger partial charge in [-0.25, -0.2) is 4.79 Å². The molecule has 0 aromatic heterocycles. The molecule has 0 spiro atoms. The summed E-state index contributed by atoms with van der Waals surface area (Å²) in [5, 5.41) is 8.99. The lowest BCUT2D eigenvalue weighted by Gasteiger charge is -2.10. The predicted molar refractivity (Wildman–Crippen MR) is 67.2 cm³/mol. The van der Waals surface area contributed by atoms with Crippen LogP contribution in [0, 0.1) is 11.3 Å². The van der Waals surface area contributed by atoms with Gasteiger partial charge in [0.1, 0.15) is 9.20 Å². The lowest BCUT2D eigenvalue weighted by atomic mass is 10.1. The minimum Gasteiger partial charge on any atom is -0.465 e. The van der Waals surface area contributed by atoms with E-state index in [1.807, 2.05) is 0 Å². The maximum Gasteiger partial charge on any atom is 0.337 e. The van der Waals surface area contributed by atoms with Crippen LogP contribution in [0.4, 0.5) is 0 Å². The molecule has 17 heavy (non-hydrogen) atoms. The van der Waals surface area contributed by atoms with Crippen molar-refractivity contribution in [3.8, 4) is 6.07 Å². The Labute approximate surface area is 112 Å². The van der Waals surface area contributed by atoms with Crippen LogP contribution in [0.3, 0.4) is 0 Å². The molecule has 88 valence electrons. The number of hydrogen-bond acceptors (Lipinski definition) is 3. The fourth-order valence-electron chi connectivity index (χ4n) is 1.74. The zero-order chi connectivity index (χ0) is 12.7. The normalized spacial score (nSPS) is 30.5. The predicted octanol–water partition coefficient (Wildman–Crippen LogP) is 2.97. The third-order valence-electron chi connectivity index (χ3n) is 2.93. The molecule has 0 amide bonds. The summed E-state index contributed by atoms with van der Waals surface area (Å²) in [5.41, 5.74) is 1.29. The summed E-state index contributed by atoms with van der Waals surface area (Å²) in [6, 6.07) is 8.94. The summed E-state index contributed by atoms with van der Waals surface area (Å²) in [6.45, 7) is 0. The smallest absolute Gasteiger partial charge is 0.337 e. The molecule has 1 aromatic rings. The van der Waals surface area contributed by atoms with Crippen molar-refractivity contribution in [1.82, 2.24) is 0 Å². The van der Waals surface area contributed by atoms with Crippen molar-refractivity contribution in [2.45, 2.75) is 15.6 Å². The first-order chi connectivity index (χ1) is 7.97. The molecule has 1 aromatic carbocycles. The van der Waals surface area contributed by atoms with E-state index in [-0.39, 0.29) is 5.97 Å². The number of carbonyl (C=O) groups excluding carboxylic acids is 1. The van der Waals surface area contributed by atoms with Crippen LogP contribution < -0.4 is 0 Å². The number of methoxy groups -OCH3 is 1. The fourth-order valence-corrected chi connectivity index (χ4v) is 2.92. The average Bonchev–Trinajstić information content (AvgIpc) is 2.93. The van der Waals surface area contributed by atoms with E-state index >= 15 is 0 Å². The van der Waals surface area contributed by atoms with Gasteiger partial charge < -0.3 is 4.74 Å². The lowest BCUT2D eigenvalue weighted by molar-refractivity contribution is 0.0600. The van der Waals surface area contributed by atoms with Gasteiger partial charge in [0, 0.05) is 6.42 Å². The molecule has 0 saturated heterocycles. The third kappa shape index (κ3) is 1.84. The zero-order valence-corrected chi connectivity index (χ0v) is 11.4. The Morgan fingerprint density at radius 3 is 2.53 bits per heavy atom. The van der Waals surface area contributed by atoms with Crippen LogP contribution in [0.1, 0.15) is 22.3 Å². The molecule has 3 nitrogen and oxygen atoms in total. The Kier molecular flexibility index (Phi) is 2.92. The van der Waals surface area contributed by atoms with Crippen LogP contribution in [-0.4, -0.2) is 17.4 Å². The van der Waals surface area contributed by atoms with Crippen molar-refractivity contribution >= 4 is 33.5 Å². The highest BCUT2D eigenvalue weighted by atomic mass is 79.9. The van der Waals surface area contributed by atoms with E-state index in [4.69, 9.17) is 16.9 Å². The summed E-state index contributed by atoms with van der Waals surface area (Å²) < 4.78 is 3.91. The maximum atomic E-state index is 11.3. The molecular weight excluding hydrogens is 305 g/mol. The van der Waals surface area contributed by atoms with Crippen LogP contribution in [0.15, 0.2) is 24.3 Å². The number of alkyl halides is 2. The van der Waals surface area contributed by atoms with Gasteiger partial charge >= 0.3 is 5.97 Å². The summed E-state index contributed by atoms with van der Waals surface area (Å²) in [5.74, 6) is -0.388. The average molecular weight is 315 g/mol. The van der Waals surface area contributed by atoms with Gasteiger partial charge in [0.15, 0.2) is 0 Å². The van der Waals surface area contributed by atoms with E-state index < -0.39 is 9.20 Å². The number of ether oxygens (including phenoxy) is 1. The number of hydrogen-bond donors (Lipinski definition) is 0. The first kappa shape index (κ1) is 12.4. The molecule has 2 rings (SSSR count). The third-order valence-corrected chi connectivity index (χ3v) is 4.97. The number of carbonyl (C=O) groups is 1. The number of halogens is 2. The first-order valence-corrected chi connectivity index (χ1v) is 6.12. The Morgan fingerprint density at radius 2 is 2.12 bits per heavy atom. The molecule has 5 heteroatoms. The molecule has 1 aliphatic carbocycles. The van der Waals surface area contributed by atoms with E-state index in [0.717, 1.165) is 5.56 Å². The van der Waals surface area contributed by atoms with Gasteiger partial charge in [-0.1, -0.05) is 28.1 Å². The van der Waals surface area contributed by atoms with Crippen molar-refractivity contribution < 1.29 is 9.53 Å². The van der Waals surface area contributed by atoms with Crippen molar-refractivity contribution in [3.63, 3.8) is 0 Å². The highest BCUT2D eigenvalue weighted by Gasteiger charge is 2.67. The topological polar surface area (TPSA) is 50.1 Å². The highest BCUT2D eigenvalue weighted by Crippen LogP contribution is 2.65. The Morgan fingerprint density at radius 1 is 1.53 bits per heavy atom. The highest BCUT2D eigenvalue weighted by molar-refractivity contribution is 9.10. The number of esters is 1. The number of nitriles is 1. The van der Waals surface area contributed by atoms with E-state index in [9.17, 15) is 4.79 Å². The number of rotatable bonds is 2. The molecule has 2 unspecified atom stereocenters. The number of benzene rings is 1. The van der Waals surface area contributed by atoms with Gasteiger partial charge in [-0.05, 0) is 17.7 Å². The van der Waals surface area contributed by atoms with Crippen molar-refractivity contribution in [3.05, 3.63) is 35.4 Å². The van der Waals surface area contributed by atoms with Crippen LogP contribution in [0.5, 0.6) is 0 Å². The first-order valence-electron chi connectivity index (χ1n) is 4.95. The van der Waals surface area contributed by atoms with Gasteiger partial charge in [0.2, 0.25) is 0 Å². The summed E-state index contributed by atoms with van der Waals surface area (Å²) in [6.07, 6.45) is 0.551. The summed E-state index contributed by atoms with van der Waals surface area (Å²) in [4.78, 5) is 10.6. The zero-order valence-electron chi connectivity index (χ0n) is 9.04. The molecule has 0 bridgehead atoms. The quantitative estimate of drug-likeness (QED) is 0.623. The lowest BCUT2D eigenvalue weighted by Crippen LogP contribution is -2.10. The molecule has 1 fully saturated rings. The monoisotopic (exact) mass is 313 g/mol. The van der Waals surface area contributed by atoms with Crippen LogP contribution in [0.2, 0.25) is 0 Å².